The van der Waals surface area contributed by atoms with Crippen molar-refractivity contribution < 1.29 is 4.79 Å². The van der Waals surface area contributed by atoms with Gasteiger partial charge in [-0.05, 0) is 25.7 Å². The highest BCUT2D eigenvalue weighted by Gasteiger charge is 2.29. The normalized spacial score (nSPS) is 17.5. The number of amides is 1. The molecule has 1 unspecified atom stereocenters. The van der Waals surface area contributed by atoms with Gasteiger partial charge in [0.15, 0.2) is 0 Å². The number of thiazole rings is 1. The van der Waals surface area contributed by atoms with Gasteiger partial charge >= 0.3 is 0 Å². The van der Waals surface area contributed by atoms with Gasteiger partial charge in [-0.3, -0.25) is 4.79 Å². The number of hydrogen-bond donors (Lipinski definition) is 1. The fourth-order valence-corrected chi connectivity index (χ4v) is 2.75. The van der Waals surface area contributed by atoms with Crippen molar-refractivity contribution in [1.29, 1.82) is 0 Å². The quantitative estimate of drug-likeness (QED) is 0.865. The number of carbonyl (C=O) groups is 1. The summed E-state index contributed by atoms with van der Waals surface area (Å²) >= 11 is 5.02. The largest absolute Gasteiger partial charge is 0.350 e. The Kier molecular flexibility index (Phi) is 3.41. The van der Waals surface area contributed by atoms with Gasteiger partial charge in [-0.25, -0.2) is 4.98 Å². The van der Waals surface area contributed by atoms with E-state index in [4.69, 9.17) is 0 Å². The number of aromatic nitrogens is 1. The van der Waals surface area contributed by atoms with Crippen LogP contribution < -0.4 is 5.32 Å². The zero-order valence-corrected chi connectivity index (χ0v) is 10.9. The molecular formula is C10H13BrN2OS. The number of halogens is 1. The summed E-state index contributed by atoms with van der Waals surface area (Å²) in [4.78, 5) is 16.8. The molecular weight excluding hydrogens is 276 g/mol. The monoisotopic (exact) mass is 288 g/mol. The fraction of sp³-hybridized carbons (Fsp3) is 0.600. The molecule has 0 aromatic carbocycles. The first-order valence-corrected chi connectivity index (χ1v) is 6.74. The average Bonchev–Trinajstić information content (AvgIpc) is 2.97. The second-order valence-corrected chi connectivity index (χ2v) is 6.22. The van der Waals surface area contributed by atoms with Crippen LogP contribution >= 0.6 is 27.3 Å². The van der Waals surface area contributed by atoms with Crippen LogP contribution in [0.25, 0.3) is 0 Å². The van der Waals surface area contributed by atoms with E-state index in [-0.39, 0.29) is 5.91 Å². The molecule has 1 amide bonds. The standard InChI is InChI=1S/C10H13BrN2OS/c1-6-12-5-9(15-6)10(14)13-4-8(11)7-2-3-7/h5,7-8H,2-4H2,1H3,(H,13,14). The molecule has 1 aliphatic rings. The van der Waals surface area contributed by atoms with Crippen molar-refractivity contribution >= 4 is 33.2 Å². The maximum atomic E-state index is 11.6. The summed E-state index contributed by atoms with van der Waals surface area (Å²) in [5, 5.41) is 3.85. The maximum Gasteiger partial charge on any atom is 0.263 e. The van der Waals surface area contributed by atoms with E-state index in [1.54, 1.807) is 6.20 Å². The zero-order chi connectivity index (χ0) is 10.8. The molecule has 3 nitrogen and oxygen atoms in total. The lowest BCUT2D eigenvalue weighted by Crippen LogP contribution is -2.29. The van der Waals surface area contributed by atoms with E-state index in [0.29, 0.717) is 16.2 Å². The lowest BCUT2D eigenvalue weighted by atomic mass is 10.3. The first-order chi connectivity index (χ1) is 7.16. The van der Waals surface area contributed by atoms with Crippen LogP contribution in [0.2, 0.25) is 0 Å². The molecule has 5 heteroatoms. The third kappa shape index (κ3) is 3.01. The number of nitrogens with one attached hydrogen (secondary N) is 1. The number of hydrogen-bond acceptors (Lipinski definition) is 3. The van der Waals surface area contributed by atoms with E-state index in [0.717, 1.165) is 10.9 Å². The van der Waals surface area contributed by atoms with E-state index < -0.39 is 0 Å². The molecule has 1 saturated carbocycles. The van der Waals surface area contributed by atoms with Gasteiger partial charge in [0.25, 0.3) is 5.91 Å². The summed E-state index contributed by atoms with van der Waals surface area (Å²) in [5.74, 6) is 0.749. The molecule has 1 atom stereocenters. The molecule has 0 aliphatic heterocycles. The van der Waals surface area contributed by atoms with Crippen molar-refractivity contribution in [2.75, 3.05) is 6.54 Å². The molecule has 1 aromatic heterocycles. The van der Waals surface area contributed by atoms with Crippen molar-refractivity contribution in [1.82, 2.24) is 10.3 Å². The minimum Gasteiger partial charge on any atom is -0.350 e. The molecule has 0 bridgehead atoms. The van der Waals surface area contributed by atoms with E-state index in [1.165, 1.54) is 24.2 Å². The molecule has 2 rings (SSSR count). The van der Waals surface area contributed by atoms with Gasteiger partial charge < -0.3 is 5.32 Å². The summed E-state index contributed by atoms with van der Waals surface area (Å²) in [5.41, 5.74) is 0. The van der Waals surface area contributed by atoms with E-state index in [2.05, 4.69) is 26.2 Å². The van der Waals surface area contributed by atoms with Gasteiger partial charge in [0, 0.05) is 11.4 Å². The van der Waals surface area contributed by atoms with E-state index >= 15 is 0 Å². The number of aryl methyl sites for hydroxylation is 1. The molecule has 0 radical (unpaired) electrons. The smallest absolute Gasteiger partial charge is 0.263 e. The predicted octanol–water partition coefficient (Wildman–Crippen LogP) is 2.35. The van der Waals surface area contributed by atoms with Gasteiger partial charge in [-0.1, -0.05) is 15.9 Å². The van der Waals surface area contributed by atoms with Crippen LogP contribution in [0.15, 0.2) is 6.20 Å². The predicted molar refractivity (Wildman–Crippen MR) is 64.6 cm³/mol. The number of carbonyl (C=O) groups excluding carboxylic acids is 1. The van der Waals surface area contributed by atoms with Crippen LogP contribution in [0.5, 0.6) is 0 Å². The van der Waals surface area contributed by atoms with Crippen molar-refractivity contribution in [3.05, 3.63) is 16.1 Å². The Hall–Kier alpha value is -0.420. The molecule has 0 saturated heterocycles. The average molecular weight is 289 g/mol. The van der Waals surface area contributed by atoms with Gasteiger partial charge in [0.2, 0.25) is 0 Å². The third-order valence-electron chi connectivity index (χ3n) is 2.44. The number of alkyl halides is 1. The maximum absolute atomic E-state index is 11.6. The Morgan fingerprint density at radius 1 is 1.80 bits per heavy atom. The van der Waals surface area contributed by atoms with E-state index in [1.807, 2.05) is 6.92 Å². The molecule has 1 heterocycles. The van der Waals surface area contributed by atoms with Crippen LogP contribution in [-0.2, 0) is 0 Å². The van der Waals surface area contributed by atoms with Crippen LogP contribution in [0.3, 0.4) is 0 Å². The fourth-order valence-electron chi connectivity index (χ4n) is 1.37. The highest BCUT2D eigenvalue weighted by Crippen LogP contribution is 2.36. The summed E-state index contributed by atoms with van der Waals surface area (Å²) in [6.45, 7) is 2.61. The van der Waals surface area contributed by atoms with Crippen molar-refractivity contribution in [2.45, 2.75) is 24.6 Å². The minimum absolute atomic E-state index is 0.00861. The van der Waals surface area contributed by atoms with Crippen LogP contribution in [0.1, 0.15) is 27.5 Å². The lowest BCUT2D eigenvalue weighted by Gasteiger charge is -2.08. The Balaban J connectivity index is 1.81. The second kappa shape index (κ2) is 4.61. The number of nitrogens with zero attached hydrogens (tertiary/aromatic N) is 1. The molecule has 15 heavy (non-hydrogen) atoms. The van der Waals surface area contributed by atoms with Gasteiger partial charge in [0.1, 0.15) is 4.88 Å². The first kappa shape index (κ1) is 11.1. The topological polar surface area (TPSA) is 42.0 Å². The van der Waals surface area contributed by atoms with Crippen molar-refractivity contribution in [3.8, 4) is 0 Å². The molecule has 82 valence electrons. The van der Waals surface area contributed by atoms with Gasteiger partial charge in [-0.15, -0.1) is 11.3 Å². The van der Waals surface area contributed by atoms with Crippen molar-refractivity contribution in [2.24, 2.45) is 5.92 Å². The lowest BCUT2D eigenvalue weighted by molar-refractivity contribution is 0.0957. The van der Waals surface area contributed by atoms with Gasteiger partial charge in [-0.2, -0.15) is 0 Å². The number of rotatable bonds is 4. The Morgan fingerprint density at radius 3 is 3.07 bits per heavy atom. The van der Waals surface area contributed by atoms with Crippen LogP contribution in [-0.4, -0.2) is 22.3 Å². The highest BCUT2D eigenvalue weighted by atomic mass is 79.9. The third-order valence-corrected chi connectivity index (χ3v) is 4.42. The Morgan fingerprint density at radius 2 is 2.53 bits per heavy atom. The van der Waals surface area contributed by atoms with E-state index in [9.17, 15) is 4.79 Å². The van der Waals surface area contributed by atoms with Crippen LogP contribution in [0, 0.1) is 12.8 Å². The minimum atomic E-state index is -0.00861. The summed E-state index contributed by atoms with van der Waals surface area (Å²) in [6.07, 6.45) is 4.20. The first-order valence-electron chi connectivity index (χ1n) is 5.01. The Bertz CT molecular complexity index is 362. The SMILES string of the molecule is Cc1ncc(C(=O)NCC(Br)C2CC2)s1. The van der Waals surface area contributed by atoms with Gasteiger partial charge in [0.05, 0.1) is 11.2 Å². The van der Waals surface area contributed by atoms with Crippen molar-refractivity contribution in [3.63, 3.8) is 0 Å². The molecule has 1 fully saturated rings. The summed E-state index contributed by atoms with van der Waals surface area (Å²) in [7, 11) is 0. The second-order valence-electron chi connectivity index (χ2n) is 3.81. The van der Waals surface area contributed by atoms with Crippen LogP contribution in [0.4, 0.5) is 0 Å². The molecule has 0 spiro atoms. The summed E-state index contributed by atoms with van der Waals surface area (Å²) < 4.78 is 0. The highest BCUT2D eigenvalue weighted by molar-refractivity contribution is 9.09. The molecule has 1 aliphatic carbocycles. The summed E-state index contributed by atoms with van der Waals surface area (Å²) in [6, 6.07) is 0. The Labute approximate surface area is 101 Å². The molecule has 1 N–H and O–H groups in total. The zero-order valence-electron chi connectivity index (χ0n) is 8.50. The molecule has 1 aromatic rings.